The quantitative estimate of drug-likeness (QED) is 0.217. The van der Waals surface area contributed by atoms with Crippen LogP contribution in [0.2, 0.25) is 0 Å². The van der Waals surface area contributed by atoms with Gasteiger partial charge in [-0.1, -0.05) is 55.7 Å². The molecule has 2 fully saturated rings. The minimum atomic E-state index is -0.211. The fourth-order valence-corrected chi connectivity index (χ4v) is 7.75. The van der Waals surface area contributed by atoms with Crippen LogP contribution in [0.3, 0.4) is 0 Å². The van der Waals surface area contributed by atoms with Crippen molar-refractivity contribution in [3.05, 3.63) is 89.9 Å². The van der Waals surface area contributed by atoms with Crippen molar-refractivity contribution in [3.8, 4) is 22.4 Å². The van der Waals surface area contributed by atoms with Gasteiger partial charge in [-0.05, 0) is 91.7 Å². The Labute approximate surface area is 230 Å². The highest BCUT2D eigenvalue weighted by Gasteiger charge is 2.37. The Balaban J connectivity index is 1.37. The summed E-state index contributed by atoms with van der Waals surface area (Å²) in [5.41, 5.74) is 8.22. The van der Waals surface area contributed by atoms with Crippen LogP contribution in [0.1, 0.15) is 74.8 Å². The molecular formula is C36H37FNO+. The highest BCUT2D eigenvalue weighted by Crippen LogP contribution is 2.52. The lowest BCUT2D eigenvalue weighted by Gasteiger charge is -2.43. The van der Waals surface area contributed by atoms with Crippen LogP contribution in [0.15, 0.2) is 77.3 Å². The fourth-order valence-electron chi connectivity index (χ4n) is 7.75. The molecule has 3 heteroatoms. The molecule has 2 aromatic heterocycles. The van der Waals surface area contributed by atoms with E-state index in [1.165, 1.54) is 63.4 Å². The highest BCUT2D eigenvalue weighted by molar-refractivity contribution is 6.13. The van der Waals surface area contributed by atoms with Gasteiger partial charge in [0.25, 0.3) is 0 Å². The summed E-state index contributed by atoms with van der Waals surface area (Å²) in [6, 6.07) is 22.5. The molecule has 198 valence electrons. The average Bonchev–Trinajstić information content (AvgIpc) is 3.33. The average molecular weight is 519 g/mol. The van der Waals surface area contributed by atoms with E-state index < -0.39 is 0 Å². The molecule has 2 saturated carbocycles. The Morgan fingerprint density at radius 2 is 1.46 bits per heavy atom. The number of aromatic nitrogens is 1. The number of aryl methyl sites for hydroxylation is 2. The van der Waals surface area contributed by atoms with Crippen LogP contribution in [0.5, 0.6) is 0 Å². The Bertz CT molecular complexity index is 1680. The van der Waals surface area contributed by atoms with E-state index in [1.807, 2.05) is 18.2 Å². The first-order valence-corrected chi connectivity index (χ1v) is 14.7. The van der Waals surface area contributed by atoms with Gasteiger partial charge in [0.05, 0.1) is 11.1 Å². The van der Waals surface area contributed by atoms with Crippen LogP contribution >= 0.6 is 0 Å². The predicted molar refractivity (Wildman–Crippen MR) is 157 cm³/mol. The maximum absolute atomic E-state index is 15.9. The molecule has 0 atom stereocenters. The van der Waals surface area contributed by atoms with Crippen LogP contribution in [-0.4, -0.2) is 0 Å². The summed E-state index contributed by atoms with van der Waals surface area (Å²) in [6.45, 7) is 2.12. The molecule has 39 heavy (non-hydrogen) atoms. The number of hydrogen-bond acceptors (Lipinski definition) is 1. The van der Waals surface area contributed by atoms with Gasteiger partial charge < -0.3 is 4.42 Å². The van der Waals surface area contributed by atoms with Crippen molar-refractivity contribution in [1.29, 1.82) is 0 Å². The molecule has 0 N–H and O–H groups in total. The summed E-state index contributed by atoms with van der Waals surface area (Å²) in [6.07, 6.45) is 14.0. The van der Waals surface area contributed by atoms with Crippen molar-refractivity contribution in [2.45, 2.75) is 70.6 Å². The molecular weight excluding hydrogens is 481 g/mol. The van der Waals surface area contributed by atoms with E-state index in [1.54, 1.807) is 6.07 Å². The summed E-state index contributed by atoms with van der Waals surface area (Å²) in [5, 5.41) is 2.01. The summed E-state index contributed by atoms with van der Waals surface area (Å²) >= 11 is 0. The Kier molecular flexibility index (Phi) is 6.06. The SMILES string of the molecule is Cc1ccc2c(oc3c(-c4ccccc4C4CCC5(CCCCC5)CC4)c(F)ccc32)c1-c1cccc[n+]1C. The minimum Gasteiger partial charge on any atom is -0.454 e. The van der Waals surface area contributed by atoms with E-state index in [0.717, 1.165) is 38.7 Å². The van der Waals surface area contributed by atoms with Crippen molar-refractivity contribution in [2.75, 3.05) is 0 Å². The Morgan fingerprint density at radius 3 is 2.23 bits per heavy atom. The molecule has 2 aliphatic carbocycles. The van der Waals surface area contributed by atoms with Gasteiger partial charge in [0, 0.05) is 22.9 Å². The standard InChI is InChI=1S/C36H37FNO/c1-24-13-14-28-29-15-16-30(37)33(35(29)39-34(28)32(24)31-12-6-9-23-38(31)2)27-11-5-4-10-26(27)25-17-21-36(22-18-25)19-7-3-8-20-36/h4-6,9-16,23,25H,3,7-8,17-22H2,1-2H3/q+1. The van der Waals surface area contributed by atoms with E-state index in [9.17, 15) is 0 Å². The number of hydrogen-bond donors (Lipinski definition) is 0. The second kappa shape index (κ2) is 9.62. The molecule has 2 heterocycles. The smallest absolute Gasteiger partial charge is 0.216 e. The summed E-state index contributed by atoms with van der Waals surface area (Å²) < 4.78 is 24.7. The van der Waals surface area contributed by atoms with Gasteiger partial charge >= 0.3 is 0 Å². The van der Waals surface area contributed by atoms with Crippen molar-refractivity contribution in [3.63, 3.8) is 0 Å². The lowest BCUT2D eigenvalue weighted by molar-refractivity contribution is -0.660. The van der Waals surface area contributed by atoms with E-state index in [4.69, 9.17) is 4.42 Å². The maximum atomic E-state index is 15.9. The molecule has 1 spiro atoms. The minimum absolute atomic E-state index is 0.211. The molecule has 0 saturated heterocycles. The molecule has 0 radical (unpaired) electrons. The number of benzene rings is 3. The fraction of sp³-hybridized carbons (Fsp3) is 0.361. The van der Waals surface area contributed by atoms with Crippen molar-refractivity contribution >= 4 is 21.9 Å². The molecule has 0 amide bonds. The number of rotatable bonds is 3. The Hall–Kier alpha value is -3.46. The first-order valence-electron chi connectivity index (χ1n) is 14.7. The highest BCUT2D eigenvalue weighted by atomic mass is 19.1. The van der Waals surface area contributed by atoms with Gasteiger partial charge in [-0.15, -0.1) is 0 Å². The van der Waals surface area contributed by atoms with Crippen LogP contribution in [0.4, 0.5) is 4.39 Å². The van der Waals surface area contributed by atoms with Gasteiger partial charge in [0.1, 0.15) is 24.0 Å². The topological polar surface area (TPSA) is 17.0 Å². The molecule has 0 unspecified atom stereocenters. The lowest BCUT2D eigenvalue weighted by atomic mass is 9.62. The summed E-state index contributed by atoms with van der Waals surface area (Å²) in [4.78, 5) is 0. The third-order valence-corrected chi connectivity index (χ3v) is 9.91. The Morgan fingerprint density at radius 1 is 0.769 bits per heavy atom. The first-order chi connectivity index (χ1) is 19.0. The normalized spacial score (nSPS) is 17.8. The van der Waals surface area contributed by atoms with Crippen LogP contribution in [0.25, 0.3) is 44.3 Å². The monoisotopic (exact) mass is 518 g/mol. The zero-order chi connectivity index (χ0) is 26.6. The maximum Gasteiger partial charge on any atom is 0.216 e. The van der Waals surface area contributed by atoms with Crippen molar-refractivity contribution < 1.29 is 13.4 Å². The van der Waals surface area contributed by atoms with Crippen LogP contribution in [-0.2, 0) is 7.05 Å². The number of nitrogens with zero attached hydrogens (tertiary/aromatic N) is 1. The van der Waals surface area contributed by atoms with E-state index >= 15 is 4.39 Å². The van der Waals surface area contributed by atoms with Gasteiger partial charge in [0.15, 0.2) is 6.20 Å². The zero-order valence-electron chi connectivity index (χ0n) is 23.1. The van der Waals surface area contributed by atoms with E-state index in [2.05, 4.69) is 67.2 Å². The predicted octanol–water partition coefficient (Wildman–Crippen LogP) is 9.80. The van der Waals surface area contributed by atoms with Gasteiger partial charge in [-0.25, -0.2) is 8.96 Å². The summed E-state index contributed by atoms with van der Waals surface area (Å²) in [5.74, 6) is 0.256. The zero-order valence-corrected chi connectivity index (χ0v) is 23.1. The van der Waals surface area contributed by atoms with E-state index in [-0.39, 0.29) is 5.82 Å². The summed E-state index contributed by atoms with van der Waals surface area (Å²) in [7, 11) is 2.05. The largest absolute Gasteiger partial charge is 0.454 e. The number of pyridine rings is 1. The van der Waals surface area contributed by atoms with Gasteiger partial charge in [-0.2, -0.15) is 0 Å². The second-order valence-corrected chi connectivity index (χ2v) is 12.2. The molecule has 0 aliphatic heterocycles. The molecule has 2 nitrogen and oxygen atoms in total. The van der Waals surface area contributed by atoms with Crippen LogP contribution < -0.4 is 4.57 Å². The van der Waals surface area contributed by atoms with Gasteiger partial charge in [-0.3, -0.25) is 0 Å². The van der Waals surface area contributed by atoms with Crippen molar-refractivity contribution in [2.24, 2.45) is 12.5 Å². The van der Waals surface area contributed by atoms with Crippen molar-refractivity contribution in [1.82, 2.24) is 0 Å². The van der Waals surface area contributed by atoms with E-state index in [0.29, 0.717) is 22.5 Å². The third-order valence-electron chi connectivity index (χ3n) is 9.91. The molecule has 3 aromatic carbocycles. The molecule has 7 rings (SSSR count). The molecule has 0 bridgehead atoms. The second-order valence-electron chi connectivity index (χ2n) is 12.2. The van der Waals surface area contributed by atoms with Crippen LogP contribution in [0, 0.1) is 18.2 Å². The lowest BCUT2D eigenvalue weighted by Crippen LogP contribution is -2.30. The number of furan rings is 1. The first kappa shape index (κ1) is 24.6. The number of halogens is 1. The molecule has 5 aromatic rings. The van der Waals surface area contributed by atoms with Gasteiger partial charge in [0.2, 0.25) is 5.69 Å². The number of fused-ring (bicyclic) bond motifs is 3. The third kappa shape index (κ3) is 4.09. The molecule has 2 aliphatic rings.